The zero-order valence-corrected chi connectivity index (χ0v) is 16.7. The third-order valence-corrected chi connectivity index (χ3v) is 6.85. The van der Waals surface area contributed by atoms with E-state index in [9.17, 15) is 4.79 Å². The van der Waals surface area contributed by atoms with E-state index in [1.54, 1.807) is 0 Å². The summed E-state index contributed by atoms with van der Waals surface area (Å²) < 4.78 is 6.14. The molecule has 2 aromatic carbocycles. The van der Waals surface area contributed by atoms with Crippen molar-refractivity contribution in [1.82, 2.24) is 4.90 Å². The van der Waals surface area contributed by atoms with Crippen molar-refractivity contribution in [1.29, 1.82) is 0 Å². The molecule has 0 bridgehead atoms. The predicted molar refractivity (Wildman–Crippen MR) is 113 cm³/mol. The normalized spacial score (nSPS) is 20.3. The number of carboxylic acids is 1. The fraction of sp³-hybridized carbons (Fsp3) is 0.400. The number of para-hydroxylation sites is 1. The maximum atomic E-state index is 11.0. The topological polar surface area (TPSA) is 49.8 Å². The van der Waals surface area contributed by atoms with Gasteiger partial charge >= 0.3 is 5.97 Å². The van der Waals surface area contributed by atoms with E-state index in [2.05, 4.69) is 47.4 Å². The van der Waals surface area contributed by atoms with Crippen molar-refractivity contribution in [3.63, 3.8) is 0 Å². The summed E-state index contributed by atoms with van der Waals surface area (Å²) in [5, 5.41) is 9.09. The lowest BCUT2D eigenvalue weighted by Gasteiger charge is -2.37. The minimum atomic E-state index is -0.678. The molecule has 2 fully saturated rings. The van der Waals surface area contributed by atoms with Gasteiger partial charge in [-0.1, -0.05) is 48.0 Å². The number of benzene rings is 2. The summed E-state index contributed by atoms with van der Waals surface area (Å²) in [5.41, 5.74) is 6.75. The highest BCUT2D eigenvalue weighted by molar-refractivity contribution is 5.87. The van der Waals surface area contributed by atoms with Gasteiger partial charge in [-0.05, 0) is 54.9 Å². The van der Waals surface area contributed by atoms with Gasteiger partial charge < -0.3 is 9.84 Å². The number of likely N-dealkylation sites (tertiary alicyclic amines) is 1. The van der Waals surface area contributed by atoms with Crippen molar-refractivity contribution in [2.24, 2.45) is 0 Å². The van der Waals surface area contributed by atoms with Gasteiger partial charge in [0.1, 0.15) is 12.4 Å². The van der Waals surface area contributed by atoms with Gasteiger partial charge in [-0.25, -0.2) is 0 Å². The average molecular weight is 389 g/mol. The molecule has 2 aliphatic heterocycles. The Kier molecular flexibility index (Phi) is 4.67. The first kappa shape index (κ1) is 18.4. The highest BCUT2D eigenvalue weighted by Crippen LogP contribution is 2.48. The second-order valence-electron chi connectivity index (χ2n) is 8.53. The number of hydrogen-bond donors (Lipinski definition) is 1. The van der Waals surface area contributed by atoms with Crippen LogP contribution in [-0.2, 0) is 11.4 Å². The van der Waals surface area contributed by atoms with Crippen LogP contribution in [0.15, 0.2) is 54.1 Å². The van der Waals surface area contributed by atoms with Crippen LogP contribution in [0.25, 0.3) is 5.57 Å². The van der Waals surface area contributed by atoms with Gasteiger partial charge in [0, 0.05) is 30.6 Å². The molecule has 0 amide bonds. The van der Waals surface area contributed by atoms with E-state index in [0.29, 0.717) is 6.61 Å². The Bertz CT molecular complexity index is 914. The number of hydrogen-bond acceptors (Lipinski definition) is 3. The molecule has 150 valence electrons. The molecule has 2 aromatic rings. The van der Waals surface area contributed by atoms with Crippen molar-refractivity contribution in [3.8, 4) is 5.75 Å². The molecule has 5 rings (SSSR count). The monoisotopic (exact) mass is 389 g/mol. The Morgan fingerprint density at radius 2 is 1.69 bits per heavy atom. The summed E-state index contributed by atoms with van der Waals surface area (Å²) in [5.74, 6) is 0.288. The molecule has 1 saturated heterocycles. The van der Waals surface area contributed by atoms with Crippen LogP contribution in [0.2, 0.25) is 0 Å². The molecule has 0 aromatic heterocycles. The van der Waals surface area contributed by atoms with Crippen LogP contribution in [0.5, 0.6) is 5.75 Å². The molecular formula is C25H27NO3. The molecule has 3 aliphatic rings. The fourth-order valence-corrected chi connectivity index (χ4v) is 5.08. The molecule has 4 heteroatoms. The lowest BCUT2D eigenvalue weighted by Crippen LogP contribution is -2.42. The number of piperidine rings is 1. The summed E-state index contributed by atoms with van der Waals surface area (Å²) in [6.07, 6.45) is 5.42. The number of ether oxygens (including phenoxy) is 1. The molecule has 0 atom stereocenters. The Morgan fingerprint density at radius 1 is 1.00 bits per heavy atom. The van der Waals surface area contributed by atoms with Crippen LogP contribution in [0, 0.1) is 0 Å². The van der Waals surface area contributed by atoms with Gasteiger partial charge in [0.2, 0.25) is 0 Å². The minimum absolute atomic E-state index is 0.150. The second-order valence-corrected chi connectivity index (χ2v) is 8.53. The summed E-state index contributed by atoms with van der Waals surface area (Å²) in [4.78, 5) is 13.6. The molecule has 0 spiro atoms. The van der Waals surface area contributed by atoms with E-state index < -0.39 is 5.97 Å². The number of rotatable bonds is 4. The molecule has 4 nitrogen and oxygen atoms in total. The van der Waals surface area contributed by atoms with Crippen LogP contribution in [0.4, 0.5) is 0 Å². The van der Waals surface area contributed by atoms with Crippen LogP contribution in [0.1, 0.15) is 55.2 Å². The summed E-state index contributed by atoms with van der Waals surface area (Å²) in [6.45, 7) is 2.64. The lowest BCUT2D eigenvalue weighted by molar-refractivity contribution is -0.137. The van der Waals surface area contributed by atoms with Gasteiger partial charge in [-0.2, -0.15) is 0 Å². The Hall–Kier alpha value is -2.59. The van der Waals surface area contributed by atoms with Gasteiger partial charge in [-0.15, -0.1) is 0 Å². The van der Waals surface area contributed by atoms with Gasteiger partial charge in [0.25, 0.3) is 0 Å². The van der Waals surface area contributed by atoms with Crippen molar-refractivity contribution in [2.45, 2.75) is 50.7 Å². The van der Waals surface area contributed by atoms with E-state index >= 15 is 0 Å². The standard InChI is InChI=1S/C25H27NO3/c27-23(28)9-12-25(13-14-25)26-15-10-18(11-16-26)24-20-6-2-1-5-19(20)17-29-22-8-4-3-7-21(22)24/h1-8H,9-17H2,(H,27,28). The van der Waals surface area contributed by atoms with E-state index in [0.717, 1.165) is 50.9 Å². The molecule has 0 unspecified atom stereocenters. The summed E-state index contributed by atoms with van der Waals surface area (Å²) in [7, 11) is 0. The number of carbonyl (C=O) groups is 1. The highest BCUT2D eigenvalue weighted by atomic mass is 16.5. The lowest BCUT2D eigenvalue weighted by atomic mass is 9.86. The minimum Gasteiger partial charge on any atom is -0.488 e. The first-order valence-corrected chi connectivity index (χ1v) is 10.7. The Labute approximate surface area is 171 Å². The summed E-state index contributed by atoms with van der Waals surface area (Å²) in [6, 6.07) is 17.0. The predicted octanol–water partition coefficient (Wildman–Crippen LogP) is 4.87. The number of aliphatic carboxylic acids is 1. The third kappa shape index (κ3) is 3.46. The molecular weight excluding hydrogens is 362 g/mol. The molecule has 0 radical (unpaired) electrons. The first-order chi connectivity index (χ1) is 14.2. The summed E-state index contributed by atoms with van der Waals surface area (Å²) >= 11 is 0. The SMILES string of the molecule is O=C(O)CCC1(N2CCC(=C3c4ccccc4COc4ccccc43)CC2)CC1. The zero-order valence-electron chi connectivity index (χ0n) is 16.7. The third-order valence-electron chi connectivity index (χ3n) is 6.85. The van der Waals surface area contributed by atoms with Crippen molar-refractivity contribution in [2.75, 3.05) is 13.1 Å². The first-order valence-electron chi connectivity index (χ1n) is 10.7. The zero-order chi connectivity index (χ0) is 19.8. The smallest absolute Gasteiger partial charge is 0.303 e. The average Bonchev–Trinajstić information content (AvgIpc) is 3.56. The quantitative estimate of drug-likeness (QED) is 0.810. The molecule has 1 aliphatic carbocycles. The van der Waals surface area contributed by atoms with Crippen molar-refractivity contribution < 1.29 is 14.6 Å². The van der Waals surface area contributed by atoms with Crippen LogP contribution >= 0.6 is 0 Å². The number of carboxylic acid groups (broad SMARTS) is 1. The maximum Gasteiger partial charge on any atom is 0.303 e. The van der Waals surface area contributed by atoms with E-state index in [1.165, 1.54) is 27.8 Å². The van der Waals surface area contributed by atoms with Crippen LogP contribution < -0.4 is 4.74 Å². The number of fused-ring (bicyclic) bond motifs is 2. The van der Waals surface area contributed by atoms with E-state index in [4.69, 9.17) is 9.84 Å². The molecule has 1 saturated carbocycles. The van der Waals surface area contributed by atoms with Crippen LogP contribution in [-0.4, -0.2) is 34.6 Å². The van der Waals surface area contributed by atoms with Gasteiger partial charge in [-0.3, -0.25) is 9.69 Å². The van der Waals surface area contributed by atoms with E-state index in [-0.39, 0.29) is 12.0 Å². The Morgan fingerprint density at radius 3 is 2.41 bits per heavy atom. The Balaban J connectivity index is 1.46. The van der Waals surface area contributed by atoms with Gasteiger partial charge in [0.05, 0.1) is 0 Å². The van der Waals surface area contributed by atoms with E-state index in [1.807, 2.05) is 6.07 Å². The van der Waals surface area contributed by atoms with Crippen molar-refractivity contribution in [3.05, 3.63) is 70.8 Å². The second kappa shape index (κ2) is 7.34. The highest BCUT2D eigenvalue weighted by Gasteiger charge is 2.48. The van der Waals surface area contributed by atoms with Gasteiger partial charge in [0.15, 0.2) is 0 Å². The maximum absolute atomic E-state index is 11.0. The molecule has 29 heavy (non-hydrogen) atoms. The van der Waals surface area contributed by atoms with Crippen molar-refractivity contribution >= 4 is 11.5 Å². The molecule has 2 heterocycles. The fourth-order valence-electron chi connectivity index (χ4n) is 5.08. The molecule has 1 N–H and O–H groups in total. The van der Waals surface area contributed by atoms with Crippen LogP contribution in [0.3, 0.4) is 0 Å². The number of nitrogens with zero attached hydrogens (tertiary/aromatic N) is 1. The largest absolute Gasteiger partial charge is 0.488 e.